The zero-order chi connectivity index (χ0) is 22.9. The van der Waals surface area contributed by atoms with E-state index < -0.39 is 0 Å². The molecule has 32 heavy (non-hydrogen) atoms. The molecule has 5 heteroatoms. The number of aromatic nitrogens is 2. The van der Waals surface area contributed by atoms with Crippen LogP contribution in [0.3, 0.4) is 0 Å². The van der Waals surface area contributed by atoms with E-state index in [1.807, 2.05) is 6.07 Å². The first-order chi connectivity index (χ1) is 15.5. The summed E-state index contributed by atoms with van der Waals surface area (Å²) >= 11 is 0. The number of hydrogen-bond acceptors (Lipinski definition) is 3. The predicted molar refractivity (Wildman–Crippen MR) is 131 cm³/mol. The smallest absolute Gasteiger partial charge is 0.223 e. The maximum atomic E-state index is 12.2. The van der Waals surface area contributed by atoms with Crippen molar-refractivity contribution in [2.45, 2.75) is 66.3 Å². The minimum Gasteiger partial charge on any atom is -0.493 e. The van der Waals surface area contributed by atoms with E-state index in [-0.39, 0.29) is 11.8 Å². The van der Waals surface area contributed by atoms with Crippen LogP contribution in [0.2, 0.25) is 0 Å². The van der Waals surface area contributed by atoms with Gasteiger partial charge in [-0.1, -0.05) is 43.7 Å². The fourth-order valence-corrected chi connectivity index (χ4v) is 4.19. The van der Waals surface area contributed by atoms with Gasteiger partial charge in [0.15, 0.2) is 0 Å². The molecule has 1 aromatic heterocycles. The molecule has 0 spiro atoms. The molecule has 0 unspecified atom stereocenters. The number of para-hydroxylation sites is 2. The fraction of sp³-hybridized carbons (Fsp3) is 0.481. The molecule has 1 amide bonds. The Bertz CT molecular complexity index is 1020. The van der Waals surface area contributed by atoms with Gasteiger partial charge in [0.05, 0.1) is 17.6 Å². The van der Waals surface area contributed by atoms with E-state index in [1.165, 1.54) is 11.1 Å². The fourth-order valence-electron chi connectivity index (χ4n) is 4.19. The second-order valence-electron chi connectivity index (χ2n) is 8.55. The van der Waals surface area contributed by atoms with Gasteiger partial charge in [0.1, 0.15) is 11.6 Å². The van der Waals surface area contributed by atoms with Gasteiger partial charge in [-0.15, -0.1) is 0 Å². The summed E-state index contributed by atoms with van der Waals surface area (Å²) < 4.78 is 8.34. The second kappa shape index (κ2) is 11.7. The molecule has 3 rings (SSSR count). The molecule has 0 fully saturated rings. The van der Waals surface area contributed by atoms with Gasteiger partial charge in [0.25, 0.3) is 0 Å². The van der Waals surface area contributed by atoms with E-state index >= 15 is 0 Å². The second-order valence-corrected chi connectivity index (χ2v) is 8.55. The van der Waals surface area contributed by atoms with Crippen LogP contribution < -0.4 is 10.1 Å². The number of rotatable bonds is 12. The molecule has 0 aliphatic heterocycles. The van der Waals surface area contributed by atoms with E-state index in [0.717, 1.165) is 61.3 Å². The molecule has 3 aromatic rings. The molecule has 0 atom stereocenters. The highest BCUT2D eigenvalue weighted by Gasteiger charge is 2.14. The summed E-state index contributed by atoms with van der Waals surface area (Å²) in [6, 6.07) is 14.6. The summed E-state index contributed by atoms with van der Waals surface area (Å²) in [4.78, 5) is 17.1. The summed E-state index contributed by atoms with van der Waals surface area (Å²) in [6.45, 7) is 10.5. The maximum absolute atomic E-state index is 12.2. The van der Waals surface area contributed by atoms with Crippen molar-refractivity contribution in [3.63, 3.8) is 0 Å². The first-order valence-corrected chi connectivity index (χ1v) is 11.9. The van der Waals surface area contributed by atoms with Crippen molar-refractivity contribution >= 4 is 16.9 Å². The minimum atomic E-state index is 0.122. The average Bonchev–Trinajstić information content (AvgIpc) is 3.13. The van der Waals surface area contributed by atoms with Crippen molar-refractivity contribution in [1.29, 1.82) is 0 Å². The van der Waals surface area contributed by atoms with Gasteiger partial charge < -0.3 is 14.6 Å². The van der Waals surface area contributed by atoms with Crippen LogP contribution in [-0.2, 0) is 17.8 Å². The molecule has 0 aliphatic rings. The maximum Gasteiger partial charge on any atom is 0.223 e. The molecule has 2 aromatic carbocycles. The molecule has 0 bridgehead atoms. The van der Waals surface area contributed by atoms with Gasteiger partial charge in [-0.25, -0.2) is 4.98 Å². The number of ether oxygens (including phenoxy) is 1. The Morgan fingerprint density at radius 1 is 1.09 bits per heavy atom. The Hall–Kier alpha value is -2.82. The van der Waals surface area contributed by atoms with E-state index in [1.54, 1.807) is 0 Å². The lowest BCUT2D eigenvalue weighted by atomic mass is 10.0. The number of hydrogen-bond donors (Lipinski definition) is 1. The average molecular weight is 436 g/mol. The number of carbonyl (C=O) groups excluding carboxylic acids is 1. The van der Waals surface area contributed by atoms with Crippen LogP contribution >= 0.6 is 0 Å². The van der Waals surface area contributed by atoms with E-state index in [2.05, 4.69) is 74.0 Å². The third-order valence-corrected chi connectivity index (χ3v) is 6.08. The highest BCUT2D eigenvalue weighted by Crippen LogP contribution is 2.20. The number of nitrogens with zero attached hydrogens (tertiary/aromatic N) is 2. The van der Waals surface area contributed by atoms with Crippen LogP contribution in [0.15, 0.2) is 42.5 Å². The van der Waals surface area contributed by atoms with E-state index in [9.17, 15) is 4.79 Å². The van der Waals surface area contributed by atoms with Crippen molar-refractivity contribution in [2.75, 3.05) is 13.2 Å². The number of imidazole rings is 1. The Morgan fingerprint density at radius 3 is 2.62 bits per heavy atom. The normalized spacial score (nSPS) is 11.3. The molecule has 172 valence electrons. The Labute approximate surface area is 192 Å². The van der Waals surface area contributed by atoms with Crippen molar-refractivity contribution in [1.82, 2.24) is 14.9 Å². The van der Waals surface area contributed by atoms with Gasteiger partial charge in [0.2, 0.25) is 5.91 Å². The lowest BCUT2D eigenvalue weighted by Gasteiger charge is -2.13. The molecular formula is C27H37N3O2. The highest BCUT2D eigenvalue weighted by molar-refractivity contribution is 5.78. The van der Waals surface area contributed by atoms with Gasteiger partial charge in [0, 0.05) is 25.4 Å². The summed E-state index contributed by atoms with van der Waals surface area (Å²) in [6.07, 6.45) is 4.42. The standard InChI is InChI=1S/C27H37N3O2/c1-5-22(6-2)27(31)28-16-9-13-26-29-23-11-7-8-12-24(23)30(26)17-10-18-32-25-15-14-20(3)19-21(25)4/h7-8,11-12,14-15,19,22H,5-6,9-10,13,16-18H2,1-4H3,(H,28,31). The first-order valence-electron chi connectivity index (χ1n) is 11.9. The Kier molecular flexibility index (Phi) is 8.72. The van der Waals surface area contributed by atoms with Crippen LogP contribution in [-0.4, -0.2) is 28.6 Å². The molecule has 1 N–H and O–H groups in total. The quantitative estimate of drug-likeness (QED) is 0.376. The van der Waals surface area contributed by atoms with Crippen molar-refractivity contribution < 1.29 is 9.53 Å². The van der Waals surface area contributed by atoms with Gasteiger partial charge >= 0.3 is 0 Å². The summed E-state index contributed by atoms with van der Waals surface area (Å²) in [5.74, 6) is 2.33. The van der Waals surface area contributed by atoms with E-state index in [4.69, 9.17) is 9.72 Å². The van der Waals surface area contributed by atoms with Crippen molar-refractivity contribution in [2.24, 2.45) is 5.92 Å². The predicted octanol–water partition coefficient (Wildman–Crippen LogP) is 5.61. The number of aryl methyl sites for hydroxylation is 4. The number of nitrogens with one attached hydrogen (secondary N) is 1. The largest absolute Gasteiger partial charge is 0.493 e. The zero-order valence-corrected chi connectivity index (χ0v) is 20.0. The van der Waals surface area contributed by atoms with Crippen LogP contribution in [0.5, 0.6) is 5.75 Å². The molecule has 1 heterocycles. The first kappa shape index (κ1) is 23.8. The summed E-state index contributed by atoms with van der Waals surface area (Å²) in [7, 11) is 0. The summed E-state index contributed by atoms with van der Waals surface area (Å²) in [5, 5.41) is 3.09. The molecular weight excluding hydrogens is 398 g/mol. The van der Waals surface area contributed by atoms with Crippen LogP contribution in [0.1, 0.15) is 56.5 Å². The highest BCUT2D eigenvalue weighted by atomic mass is 16.5. The topological polar surface area (TPSA) is 56.2 Å². The lowest BCUT2D eigenvalue weighted by Crippen LogP contribution is -2.31. The monoisotopic (exact) mass is 435 g/mol. The number of amides is 1. The van der Waals surface area contributed by atoms with Crippen LogP contribution in [0, 0.1) is 19.8 Å². The van der Waals surface area contributed by atoms with Crippen LogP contribution in [0.4, 0.5) is 0 Å². The third-order valence-electron chi connectivity index (χ3n) is 6.08. The third kappa shape index (κ3) is 6.12. The Balaban J connectivity index is 1.57. The summed E-state index contributed by atoms with van der Waals surface area (Å²) in [5.41, 5.74) is 4.61. The minimum absolute atomic E-state index is 0.122. The number of fused-ring (bicyclic) bond motifs is 1. The van der Waals surface area contributed by atoms with E-state index in [0.29, 0.717) is 13.2 Å². The number of carbonyl (C=O) groups is 1. The van der Waals surface area contributed by atoms with Crippen molar-refractivity contribution in [3.8, 4) is 5.75 Å². The van der Waals surface area contributed by atoms with Crippen LogP contribution in [0.25, 0.3) is 11.0 Å². The van der Waals surface area contributed by atoms with Gasteiger partial charge in [-0.2, -0.15) is 0 Å². The SMILES string of the molecule is CCC(CC)C(=O)NCCCc1nc2ccccc2n1CCCOc1ccc(C)cc1C. The molecule has 5 nitrogen and oxygen atoms in total. The number of benzene rings is 2. The zero-order valence-electron chi connectivity index (χ0n) is 20.0. The lowest BCUT2D eigenvalue weighted by molar-refractivity contribution is -0.125. The molecule has 0 radical (unpaired) electrons. The van der Waals surface area contributed by atoms with Gasteiger partial charge in [-0.3, -0.25) is 4.79 Å². The molecule has 0 saturated carbocycles. The van der Waals surface area contributed by atoms with Crippen molar-refractivity contribution in [3.05, 3.63) is 59.4 Å². The van der Waals surface area contributed by atoms with Gasteiger partial charge in [-0.05, 0) is 63.3 Å². The Morgan fingerprint density at radius 2 is 1.88 bits per heavy atom. The molecule has 0 aliphatic carbocycles. The molecule has 0 saturated heterocycles.